The van der Waals surface area contributed by atoms with Gasteiger partial charge in [0, 0.05) is 10.6 Å². The van der Waals surface area contributed by atoms with Crippen molar-refractivity contribution < 1.29 is 8.81 Å². The van der Waals surface area contributed by atoms with E-state index in [1.807, 2.05) is 0 Å². The van der Waals surface area contributed by atoms with Crippen LogP contribution < -0.4 is 11.3 Å². The van der Waals surface area contributed by atoms with Gasteiger partial charge in [0.1, 0.15) is 5.82 Å². The number of rotatable bonds is 4. The minimum Gasteiger partial charge on any atom is -0.457 e. The van der Waals surface area contributed by atoms with Crippen molar-refractivity contribution in [3.8, 4) is 0 Å². The molecule has 1 atom stereocenters. The highest BCUT2D eigenvalue weighted by atomic mass is 79.9. The highest BCUT2D eigenvalue weighted by molar-refractivity contribution is 9.10. The van der Waals surface area contributed by atoms with E-state index in [4.69, 9.17) is 21.9 Å². The summed E-state index contributed by atoms with van der Waals surface area (Å²) in [6.45, 7) is 0. The van der Waals surface area contributed by atoms with Gasteiger partial charge in [-0.25, -0.2) is 4.39 Å². The molecule has 0 bridgehead atoms. The summed E-state index contributed by atoms with van der Waals surface area (Å²) in [6, 6.07) is 5.84. The monoisotopic (exact) mass is 332 g/mol. The zero-order chi connectivity index (χ0) is 13.1. The lowest BCUT2D eigenvalue weighted by molar-refractivity contribution is 0.506. The summed E-state index contributed by atoms with van der Waals surface area (Å²) >= 11 is 9.31. The minimum absolute atomic E-state index is 0.211. The minimum atomic E-state index is -0.323. The molecule has 1 aromatic carbocycles. The van der Waals surface area contributed by atoms with E-state index in [9.17, 15) is 4.39 Å². The Balaban J connectivity index is 2.26. The zero-order valence-corrected chi connectivity index (χ0v) is 11.6. The number of hydrogen-bond donors (Lipinski definition) is 2. The number of nitrogens with two attached hydrogens (primary N) is 1. The summed E-state index contributed by atoms with van der Waals surface area (Å²) < 4.78 is 18.9. The van der Waals surface area contributed by atoms with Crippen LogP contribution in [0.1, 0.15) is 17.2 Å². The third-order valence-corrected chi connectivity index (χ3v) is 3.67. The number of hydrazine groups is 1. The molecule has 18 heavy (non-hydrogen) atoms. The summed E-state index contributed by atoms with van der Waals surface area (Å²) in [6.07, 6.45) is 2.02. The summed E-state index contributed by atoms with van der Waals surface area (Å²) in [7, 11) is 0. The molecule has 6 heteroatoms. The number of nitrogens with one attached hydrogen (secondary N) is 1. The molecule has 1 heterocycles. The molecular formula is C12H11BrClFN2O. The standard InChI is InChI=1S/C12H11BrClFN2O/c13-12-9(3-4-18-12)11(17-16)6-7-5-8(15)1-2-10(7)14/h1-5,11,17H,6,16H2. The van der Waals surface area contributed by atoms with Crippen LogP contribution in [-0.2, 0) is 6.42 Å². The van der Waals surface area contributed by atoms with E-state index in [2.05, 4.69) is 21.4 Å². The van der Waals surface area contributed by atoms with Gasteiger partial charge in [-0.2, -0.15) is 0 Å². The summed E-state index contributed by atoms with van der Waals surface area (Å²) in [5, 5.41) is 0.510. The van der Waals surface area contributed by atoms with Crippen molar-refractivity contribution >= 4 is 27.5 Å². The first-order valence-corrected chi connectivity index (χ1v) is 6.42. The molecule has 0 aliphatic rings. The first kappa shape index (κ1) is 13.5. The van der Waals surface area contributed by atoms with Crippen LogP contribution in [-0.4, -0.2) is 0 Å². The van der Waals surface area contributed by atoms with Gasteiger partial charge >= 0.3 is 0 Å². The molecule has 0 saturated heterocycles. The predicted octanol–water partition coefficient (Wildman–Crippen LogP) is 3.58. The third kappa shape index (κ3) is 2.92. The molecule has 1 aromatic heterocycles. The Kier molecular flexibility index (Phi) is 4.40. The smallest absolute Gasteiger partial charge is 0.173 e. The molecule has 0 amide bonds. The van der Waals surface area contributed by atoms with Crippen molar-refractivity contribution in [1.82, 2.24) is 5.43 Å². The van der Waals surface area contributed by atoms with Crippen LogP contribution in [0.2, 0.25) is 5.02 Å². The van der Waals surface area contributed by atoms with Crippen molar-refractivity contribution in [2.24, 2.45) is 5.84 Å². The fourth-order valence-electron chi connectivity index (χ4n) is 1.73. The second-order valence-corrected chi connectivity index (χ2v) is 4.94. The molecule has 0 radical (unpaired) electrons. The van der Waals surface area contributed by atoms with Gasteiger partial charge < -0.3 is 4.42 Å². The van der Waals surface area contributed by atoms with Gasteiger partial charge in [0.05, 0.1) is 12.3 Å². The Labute approximate surface area is 117 Å². The predicted molar refractivity (Wildman–Crippen MR) is 71.6 cm³/mol. The van der Waals surface area contributed by atoms with Gasteiger partial charge in [0.2, 0.25) is 0 Å². The Bertz CT molecular complexity index is 547. The SMILES string of the molecule is NNC(Cc1cc(F)ccc1Cl)c1ccoc1Br. The van der Waals surface area contributed by atoms with Crippen molar-refractivity contribution in [1.29, 1.82) is 0 Å². The van der Waals surface area contributed by atoms with Gasteiger partial charge in [-0.15, -0.1) is 0 Å². The molecule has 96 valence electrons. The van der Waals surface area contributed by atoms with Gasteiger partial charge in [0.15, 0.2) is 4.67 Å². The molecule has 2 rings (SSSR count). The van der Waals surface area contributed by atoms with E-state index in [1.165, 1.54) is 18.2 Å². The number of benzene rings is 1. The second kappa shape index (κ2) is 5.84. The molecule has 0 spiro atoms. The molecule has 3 nitrogen and oxygen atoms in total. The highest BCUT2D eigenvalue weighted by Gasteiger charge is 2.17. The van der Waals surface area contributed by atoms with Crippen molar-refractivity contribution in [2.45, 2.75) is 12.5 Å². The van der Waals surface area contributed by atoms with Crippen molar-refractivity contribution in [3.05, 3.63) is 57.2 Å². The highest BCUT2D eigenvalue weighted by Crippen LogP contribution is 2.29. The number of halogens is 3. The van der Waals surface area contributed by atoms with Crippen LogP contribution in [0, 0.1) is 5.82 Å². The lowest BCUT2D eigenvalue weighted by Crippen LogP contribution is -2.29. The average Bonchev–Trinajstić information content (AvgIpc) is 2.77. The largest absolute Gasteiger partial charge is 0.457 e. The molecular weight excluding hydrogens is 322 g/mol. The van der Waals surface area contributed by atoms with Crippen LogP contribution in [0.4, 0.5) is 4.39 Å². The quantitative estimate of drug-likeness (QED) is 0.664. The van der Waals surface area contributed by atoms with Gasteiger partial charge in [-0.3, -0.25) is 11.3 Å². The molecule has 0 saturated carbocycles. The lowest BCUT2D eigenvalue weighted by atomic mass is 10.0. The van der Waals surface area contributed by atoms with E-state index in [1.54, 1.807) is 12.3 Å². The van der Waals surface area contributed by atoms with E-state index >= 15 is 0 Å². The summed E-state index contributed by atoms with van der Waals surface area (Å²) in [5.74, 6) is 5.20. The lowest BCUT2D eigenvalue weighted by Gasteiger charge is -2.15. The Morgan fingerprint density at radius 3 is 2.83 bits per heavy atom. The van der Waals surface area contributed by atoms with E-state index < -0.39 is 0 Å². The maximum Gasteiger partial charge on any atom is 0.173 e. The van der Waals surface area contributed by atoms with Gasteiger partial charge in [-0.05, 0) is 52.2 Å². The van der Waals surface area contributed by atoms with Crippen molar-refractivity contribution in [2.75, 3.05) is 0 Å². The van der Waals surface area contributed by atoms with Crippen LogP contribution in [0.25, 0.3) is 0 Å². The van der Waals surface area contributed by atoms with E-state index in [0.717, 1.165) is 5.56 Å². The fourth-order valence-corrected chi connectivity index (χ4v) is 2.44. The first-order chi connectivity index (χ1) is 8.61. The Morgan fingerprint density at radius 1 is 1.44 bits per heavy atom. The summed E-state index contributed by atoms with van der Waals surface area (Å²) in [5.41, 5.74) is 4.22. The molecule has 0 aliphatic heterocycles. The number of hydrogen-bond acceptors (Lipinski definition) is 3. The van der Waals surface area contributed by atoms with Crippen molar-refractivity contribution in [3.63, 3.8) is 0 Å². The van der Waals surface area contributed by atoms with Gasteiger partial charge in [0.25, 0.3) is 0 Å². The fraction of sp³-hybridized carbons (Fsp3) is 0.167. The van der Waals surface area contributed by atoms with Crippen LogP contribution in [0.15, 0.2) is 39.6 Å². The van der Waals surface area contributed by atoms with E-state index in [0.29, 0.717) is 21.7 Å². The first-order valence-electron chi connectivity index (χ1n) is 5.24. The molecule has 0 fully saturated rings. The normalized spacial score (nSPS) is 12.7. The third-order valence-electron chi connectivity index (χ3n) is 2.65. The van der Waals surface area contributed by atoms with Crippen LogP contribution >= 0.6 is 27.5 Å². The average molecular weight is 334 g/mol. The Hall–Kier alpha value is -0.880. The topological polar surface area (TPSA) is 51.2 Å². The maximum atomic E-state index is 13.2. The van der Waals surface area contributed by atoms with E-state index in [-0.39, 0.29) is 11.9 Å². The van der Waals surface area contributed by atoms with Crippen LogP contribution in [0.5, 0.6) is 0 Å². The summed E-state index contributed by atoms with van der Waals surface area (Å²) in [4.78, 5) is 0. The molecule has 3 N–H and O–H groups in total. The van der Waals surface area contributed by atoms with Crippen LogP contribution in [0.3, 0.4) is 0 Å². The molecule has 0 aliphatic carbocycles. The Morgan fingerprint density at radius 2 is 2.22 bits per heavy atom. The van der Waals surface area contributed by atoms with Gasteiger partial charge in [-0.1, -0.05) is 11.6 Å². The maximum absolute atomic E-state index is 13.2. The molecule has 1 unspecified atom stereocenters. The zero-order valence-electron chi connectivity index (χ0n) is 9.29. The molecule has 2 aromatic rings. The number of furan rings is 1. The second-order valence-electron chi connectivity index (χ2n) is 3.81.